The Kier molecular flexibility index (Phi) is 46.4. The first-order valence-corrected chi connectivity index (χ1v) is 63.9. The standard InChI is InChI=1S/C10H14NO6P.2C10H12NO5P.2C7H5Cl2O4P.C7H6O3.C3H9NO.Cl3OP.I3.I2.HI/c11-4-1-5-16-18(12,13)17-8-2-3-9-10(6-8)15-7-14-9;2*12-17(11-4-1-5-15-17)16-8-2-3-9-10(6-8)14-7-13-9;2*8-14(9,10)13-5-1-2-6-7(3-5)12-4-11-6;8-5-1-2-6-7(3-5)10-4-9-6;4-2-1-3-5;1-5(2,3)4;1-3-2;1-2;/h2-3,6H,1,4-5,7,11H2,(H,12,13);2*2-3,6H,1,4-5,7H2,(H,11,12);2*1-3H,4H2;1-3,8H,4H2;5H,1-4H2;;;;1H/q;;;;;;;;-1;;. The molecule has 9 N–H and O–H groups in total. The number of phosphoric acid groups is 1. The average Bonchev–Trinajstić information content (AvgIpc) is 1.70. The molecule has 52 heteroatoms. The number of phenolic OH excluding ortho intramolecular Hbond substituents is 1. The molecule has 0 radical (unpaired) electrons. The van der Waals surface area contributed by atoms with Crippen molar-refractivity contribution < 1.29 is 155 Å². The van der Waals surface area contributed by atoms with Gasteiger partial charge in [-0.15, -0.1) is 24.0 Å². The molecule has 8 aliphatic rings. The van der Waals surface area contributed by atoms with E-state index in [1.54, 1.807) is 78.9 Å². The number of hydrogen-bond acceptors (Lipinski definition) is 30. The van der Waals surface area contributed by atoms with Gasteiger partial charge < -0.3 is 111 Å². The van der Waals surface area contributed by atoms with Gasteiger partial charge in [0.25, 0.3) is 0 Å². The van der Waals surface area contributed by atoms with Crippen molar-refractivity contribution in [3.8, 4) is 103 Å². The first-order valence-electron chi connectivity index (χ1n) is 29.2. The number of fused-ring (bicyclic) bond motifs is 6. The molecule has 3 atom stereocenters. The van der Waals surface area contributed by atoms with E-state index in [0.29, 0.717) is 140 Å². The summed E-state index contributed by atoms with van der Waals surface area (Å²) >= 11 is 44.4. The first-order chi connectivity index (χ1) is 49.9. The van der Waals surface area contributed by atoms with Crippen molar-refractivity contribution in [3.63, 3.8) is 0 Å². The summed E-state index contributed by atoms with van der Waals surface area (Å²) < 4.78 is 168. The number of rotatable bonds is 16. The minimum atomic E-state index is -4.34. The van der Waals surface area contributed by atoms with Crippen molar-refractivity contribution in [1.29, 1.82) is 0 Å². The molecular formula is C54H64Cl7I6N4O29P6-. The van der Waals surface area contributed by atoms with Crippen molar-refractivity contribution in [3.05, 3.63) is 109 Å². The number of aromatic hydroxyl groups is 1. The number of halogens is 13. The van der Waals surface area contributed by atoms with E-state index in [4.69, 9.17) is 149 Å². The fraction of sp³-hybridized carbons (Fsp3) is 0.333. The molecule has 8 heterocycles. The Labute approximate surface area is 711 Å². The minimum Gasteiger partial charge on any atom is -0.746 e. The summed E-state index contributed by atoms with van der Waals surface area (Å²) in [7, 11) is -10.8. The van der Waals surface area contributed by atoms with Gasteiger partial charge in [-0.3, -0.25) is 18.2 Å². The van der Waals surface area contributed by atoms with E-state index in [0.717, 1.165) is 19.3 Å². The fourth-order valence-corrected chi connectivity index (χ4v) is 13.0. The van der Waals surface area contributed by atoms with Gasteiger partial charge in [-0.2, -0.15) is 0 Å². The van der Waals surface area contributed by atoms with Crippen LogP contribution in [-0.2, 0) is 41.0 Å². The third-order valence-electron chi connectivity index (χ3n) is 11.9. The fourth-order valence-electron chi connectivity index (χ4n) is 7.76. The number of hydrogen-bond donors (Lipinski definition) is 6. The Morgan fingerprint density at radius 2 is 0.783 bits per heavy atom. The van der Waals surface area contributed by atoms with E-state index in [1.807, 2.05) is 0 Å². The molecule has 2 fully saturated rings. The molecule has 6 aromatic rings. The van der Waals surface area contributed by atoms with Crippen molar-refractivity contribution in [2.75, 3.05) is 93.4 Å². The first kappa shape index (κ1) is 97.5. The Balaban J connectivity index is 0.000000260. The number of phosphoric ester groups is 1. The predicted octanol–water partition coefficient (Wildman–Crippen LogP) is 14.9. The molecule has 0 bridgehead atoms. The molecule has 8 aliphatic heterocycles. The van der Waals surface area contributed by atoms with Crippen molar-refractivity contribution >= 4 is 218 Å². The molecule has 0 spiro atoms. The Hall–Kier alpha value is -0.850. The third kappa shape index (κ3) is 39.0. The van der Waals surface area contributed by atoms with Gasteiger partial charge in [-0.25, -0.2) is 28.4 Å². The summed E-state index contributed by atoms with van der Waals surface area (Å²) in [5.41, 5.74) is 8.56. The minimum absolute atomic E-state index is 0. The van der Waals surface area contributed by atoms with Gasteiger partial charge in [-0.05, 0) is 132 Å². The smallest absolute Gasteiger partial charge is 0.458 e. The Morgan fingerprint density at radius 1 is 0.500 bits per heavy atom. The monoisotopic (exact) mass is 2420 g/mol. The molecule has 0 aromatic heterocycles. The predicted molar refractivity (Wildman–Crippen MR) is 435 cm³/mol. The maximum absolute atomic E-state index is 12.1. The van der Waals surface area contributed by atoms with Crippen LogP contribution in [-0.4, -0.2) is 104 Å². The average molecular weight is 2430 g/mol. The molecular weight excluding hydrogens is 2360 g/mol. The molecule has 3 unspecified atom stereocenters. The van der Waals surface area contributed by atoms with Gasteiger partial charge in [0.2, 0.25) is 40.8 Å². The largest absolute Gasteiger partial charge is 0.746 e. The SMILES string of the molecule is I.II.I[I-]I.NCCCO.O=P(Cl)(Cl)Cl.O=P(Cl)(Cl)Oc1ccc2c(c1)OCO2.O=P(Cl)(Cl)Oc1ccc2c(c1)OCO2.O=P1(Oc2ccc3c(c2)OCO3)NCCCO1.O=P1(Oc2ccc3c(c2)OCO3)NCCCO1.Oc1ccc2c(c1)OCO2.[NH3+]CCCOP(=O)([O-])Oc1ccc2c(c1)OCO2. The molecule has 14 rings (SSSR count). The molecule has 33 nitrogen and oxygen atoms in total. The molecule has 2 saturated heterocycles. The molecule has 0 amide bonds. The summed E-state index contributed by atoms with van der Waals surface area (Å²) in [6.45, 7) is 4.71. The van der Waals surface area contributed by atoms with E-state index in [1.165, 1.54) is 30.3 Å². The van der Waals surface area contributed by atoms with Crippen LogP contribution < -0.4 is 119 Å². The van der Waals surface area contributed by atoms with Crippen molar-refractivity contribution in [1.82, 2.24) is 10.2 Å². The van der Waals surface area contributed by atoms with E-state index in [-0.39, 0.29) is 101 Å². The number of quaternary nitrogens is 1. The number of nitrogens with two attached hydrogens (primary N) is 1. The Morgan fingerprint density at radius 3 is 1.06 bits per heavy atom. The van der Waals surface area contributed by atoms with Crippen LogP contribution in [0.3, 0.4) is 0 Å². The molecule has 6 aromatic carbocycles. The van der Waals surface area contributed by atoms with Gasteiger partial charge in [0, 0.05) is 145 Å². The summed E-state index contributed by atoms with van der Waals surface area (Å²) in [5.74, 6) is 8.82. The number of aliphatic hydroxyl groups is 1. The van der Waals surface area contributed by atoms with Crippen LogP contribution >= 0.6 is 218 Å². The van der Waals surface area contributed by atoms with Crippen molar-refractivity contribution in [2.24, 2.45) is 5.73 Å². The van der Waals surface area contributed by atoms with E-state index >= 15 is 0 Å². The van der Waals surface area contributed by atoms with Gasteiger partial charge in [0.1, 0.15) is 34.5 Å². The van der Waals surface area contributed by atoms with Crippen molar-refractivity contribution in [2.45, 2.75) is 25.7 Å². The number of nitrogens with one attached hydrogen (secondary N) is 2. The van der Waals surface area contributed by atoms with Crippen LogP contribution in [0, 0.1) is 0 Å². The second kappa shape index (κ2) is 50.5. The van der Waals surface area contributed by atoms with Crippen LogP contribution in [0.15, 0.2) is 109 Å². The number of benzene rings is 6. The number of ether oxygens (including phenoxy) is 12. The molecule has 106 heavy (non-hydrogen) atoms. The summed E-state index contributed by atoms with van der Waals surface area (Å²) in [6, 6.07) is 28.7. The molecule has 0 aliphatic carbocycles. The second-order valence-electron chi connectivity index (χ2n) is 19.4. The van der Waals surface area contributed by atoms with Crippen LogP contribution in [0.25, 0.3) is 0 Å². The maximum Gasteiger partial charge on any atom is 0.458 e. The molecule has 0 saturated carbocycles. The Bertz CT molecular complexity index is 3820. The van der Waals surface area contributed by atoms with E-state index < -0.39 is 40.7 Å². The zero-order valence-electron chi connectivity index (χ0n) is 53.9. The summed E-state index contributed by atoms with van der Waals surface area (Å²) in [5, 5.41) is 19.2. The zero-order valence-corrected chi connectivity index (χ0v) is 77.7. The van der Waals surface area contributed by atoms with E-state index in [2.05, 4.69) is 129 Å². The quantitative estimate of drug-likeness (QED) is 0.0298. The van der Waals surface area contributed by atoms with E-state index in [9.17, 15) is 32.3 Å². The zero-order chi connectivity index (χ0) is 77.1. The van der Waals surface area contributed by atoms with Gasteiger partial charge in [0.05, 0.1) is 26.4 Å². The van der Waals surface area contributed by atoms with Crippen LogP contribution in [0.2, 0.25) is 0 Å². The topological polar surface area (TPSA) is 428 Å². The number of aliphatic hydroxyl groups excluding tert-OH is 1. The van der Waals surface area contributed by atoms with Crippen LogP contribution in [0.1, 0.15) is 25.7 Å². The van der Waals surface area contributed by atoms with Crippen LogP contribution in [0.5, 0.6) is 103 Å². The summed E-state index contributed by atoms with van der Waals surface area (Å²) in [6.07, 6.45) is -4.20. The third-order valence-corrected chi connectivity index (χ3v) is 17.7. The maximum atomic E-state index is 12.1. The summed E-state index contributed by atoms with van der Waals surface area (Å²) in [4.78, 5) is 11.5. The normalized spacial score (nSPS) is 17.6. The van der Waals surface area contributed by atoms with Crippen LogP contribution in [0.4, 0.5) is 0 Å². The van der Waals surface area contributed by atoms with Gasteiger partial charge in [-0.1, -0.05) is 0 Å². The van der Waals surface area contributed by atoms with Gasteiger partial charge in [0.15, 0.2) is 69.0 Å². The molecule has 596 valence electrons. The van der Waals surface area contributed by atoms with Gasteiger partial charge >= 0.3 is 91.2 Å². The number of phenols is 1. The second-order valence-corrected chi connectivity index (χ2v) is 55.5.